The summed E-state index contributed by atoms with van der Waals surface area (Å²) in [5.41, 5.74) is 4.00. The molecule has 0 aliphatic rings. The summed E-state index contributed by atoms with van der Waals surface area (Å²) in [6, 6.07) is 25.1. The number of fused-ring (bicyclic) bond motifs is 1. The number of hydrogen-bond donors (Lipinski definition) is 1. The van der Waals surface area contributed by atoms with E-state index in [1.54, 1.807) is 66.3 Å². The normalized spacial score (nSPS) is 10.9. The zero-order valence-corrected chi connectivity index (χ0v) is 18.3. The summed E-state index contributed by atoms with van der Waals surface area (Å²) in [5, 5.41) is 11.8. The highest BCUT2D eigenvalue weighted by atomic mass is 16.5. The summed E-state index contributed by atoms with van der Waals surface area (Å²) < 4.78 is 10.7. The summed E-state index contributed by atoms with van der Waals surface area (Å²) in [6.07, 6.45) is 0. The van der Waals surface area contributed by atoms with Gasteiger partial charge in [0.1, 0.15) is 16.8 Å². The largest absolute Gasteiger partial charge is 0.462 e. The molecule has 2 heterocycles. The van der Waals surface area contributed by atoms with Gasteiger partial charge in [-0.1, -0.05) is 30.3 Å². The lowest BCUT2D eigenvalue weighted by Crippen LogP contribution is -2.10. The smallest absolute Gasteiger partial charge is 0.338 e. The number of aromatic nitrogens is 3. The molecular weight excluding hydrogens is 432 g/mol. The fourth-order valence-electron chi connectivity index (χ4n) is 3.46. The highest BCUT2D eigenvalue weighted by molar-refractivity contribution is 6.03. The quantitative estimate of drug-likeness (QED) is 0.360. The summed E-state index contributed by atoms with van der Waals surface area (Å²) in [4.78, 5) is 26.1. The van der Waals surface area contributed by atoms with Crippen molar-refractivity contribution in [2.45, 2.75) is 6.92 Å². The second-order valence-electron chi connectivity index (χ2n) is 7.44. The van der Waals surface area contributed by atoms with E-state index in [0.717, 1.165) is 11.3 Å². The molecule has 5 aromatic rings. The van der Waals surface area contributed by atoms with Gasteiger partial charge in [-0.25, -0.2) is 4.79 Å². The Bertz CT molecular complexity index is 1470. The van der Waals surface area contributed by atoms with E-state index >= 15 is 0 Å². The number of rotatable bonds is 6. The zero-order valence-electron chi connectivity index (χ0n) is 18.3. The number of carbonyl (C=O) groups excluding carboxylic acids is 2. The number of esters is 1. The third-order valence-corrected chi connectivity index (χ3v) is 5.14. The Morgan fingerprint density at radius 3 is 2.44 bits per heavy atom. The lowest BCUT2D eigenvalue weighted by Gasteiger charge is -2.03. The maximum absolute atomic E-state index is 12.7. The van der Waals surface area contributed by atoms with Crippen LogP contribution in [0.5, 0.6) is 0 Å². The number of hydrogen-bond acceptors (Lipinski definition) is 6. The number of anilines is 1. The molecule has 0 atom stereocenters. The number of nitrogens with one attached hydrogen (secondary N) is 1. The van der Waals surface area contributed by atoms with Crippen LogP contribution in [0.2, 0.25) is 0 Å². The molecule has 8 heteroatoms. The molecule has 0 radical (unpaired) electrons. The van der Waals surface area contributed by atoms with Gasteiger partial charge in [0.2, 0.25) is 0 Å². The molecule has 0 saturated heterocycles. The Kier molecular flexibility index (Phi) is 5.61. The van der Waals surface area contributed by atoms with Gasteiger partial charge in [-0.05, 0) is 61.5 Å². The molecule has 1 amide bonds. The van der Waals surface area contributed by atoms with Crippen LogP contribution in [0.3, 0.4) is 0 Å². The monoisotopic (exact) mass is 452 g/mol. The fourth-order valence-corrected chi connectivity index (χ4v) is 3.46. The molecule has 3 aromatic carbocycles. The molecule has 5 rings (SSSR count). The SMILES string of the molecule is CCOC(=O)c1ccc(-c2ccc(C(=O)Nc3ccc4nn(-c5ccccc5)nc4c3)o2)cc1. The van der Waals surface area contributed by atoms with Crippen molar-refractivity contribution in [3.63, 3.8) is 0 Å². The lowest BCUT2D eigenvalue weighted by atomic mass is 10.1. The maximum Gasteiger partial charge on any atom is 0.338 e. The molecule has 2 aromatic heterocycles. The van der Waals surface area contributed by atoms with Crippen molar-refractivity contribution >= 4 is 28.6 Å². The van der Waals surface area contributed by atoms with Gasteiger partial charge in [-0.3, -0.25) is 4.79 Å². The fraction of sp³-hybridized carbons (Fsp3) is 0.0769. The van der Waals surface area contributed by atoms with Crippen LogP contribution in [0.1, 0.15) is 27.8 Å². The minimum Gasteiger partial charge on any atom is -0.462 e. The van der Waals surface area contributed by atoms with E-state index in [-0.39, 0.29) is 17.6 Å². The third kappa shape index (κ3) is 4.29. The standard InChI is InChI=1S/C26H20N4O4/c1-2-33-26(32)18-10-8-17(9-11-18)23-14-15-24(34-23)25(31)27-19-12-13-21-22(16-19)29-30(28-21)20-6-4-3-5-7-20/h3-16H,2H2,1H3,(H,27,31). The van der Waals surface area contributed by atoms with Gasteiger partial charge < -0.3 is 14.5 Å². The zero-order chi connectivity index (χ0) is 23.5. The molecule has 1 N–H and O–H groups in total. The van der Waals surface area contributed by atoms with Crippen molar-refractivity contribution in [2.75, 3.05) is 11.9 Å². The van der Waals surface area contributed by atoms with Crippen LogP contribution < -0.4 is 5.32 Å². The van der Waals surface area contributed by atoms with Gasteiger partial charge in [0.25, 0.3) is 5.91 Å². The maximum atomic E-state index is 12.7. The number of amides is 1. The predicted molar refractivity (Wildman–Crippen MR) is 127 cm³/mol. The molecular formula is C26H20N4O4. The van der Waals surface area contributed by atoms with E-state index < -0.39 is 0 Å². The number of benzene rings is 3. The van der Waals surface area contributed by atoms with Crippen molar-refractivity contribution < 1.29 is 18.7 Å². The third-order valence-electron chi connectivity index (χ3n) is 5.14. The number of nitrogens with zero attached hydrogens (tertiary/aromatic N) is 3. The molecule has 0 saturated carbocycles. The first kappa shape index (κ1) is 21.1. The van der Waals surface area contributed by atoms with E-state index in [1.807, 2.05) is 30.3 Å². The van der Waals surface area contributed by atoms with E-state index in [9.17, 15) is 9.59 Å². The van der Waals surface area contributed by atoms with E-state index in [0.29, 0.717) is 34.7 Å². The highest BCUT2D eigenvalue weighted by Crippen LogP contribution is 2.24. The first-order valence-electron chi connectivity index (χ1n) is 10.7. The van der Waals surface area contributed by atoms with Crippen LogP contribution in [0.15, 0.2) is 89.3 Å². The minimum absolute atomic E-state index is 0.164. The number of carbonyl (C=O) groups is 2. The first-order chi connectivity index (χ1) is 16.6. The summed E-state index contributed by atoms with van der Waals surface area (Å²) >= 11 is 0. The van der Waals surface area contributed by atoms with Gasteiger partial charge in [-0.15, -0.1) is 10.2 Å². The number of para-hydroxylation sites is 1. The van der Waals surface area contributed by atoms with Crippen molar-refractivity contribution in [1.82, 2.24) is 15.0 Å². The minimum atomic E-state index is -0.385. The van der Waals surface area contributed by atoms with Crippen molar-refractivity contribution in [1.29, 1.82) is 0 Å². The highest BCUT2D eigenvalue weighted by Gasteiger charge is 2.14. The first-order valence-corrected chi connectivity index (χ1v) is 10.7. The van der Waals surface area contributed by atoms with E-state index in [2.05, 4.69) is 15.5 Å². The van der Waals surface area contributed by atoms with Gasteiger partial charge >= 0.3 is 5.97 Å². The molecule has 0 bridgehead atoms. The molecule has 0 unspecified atom stereocenters. The molecule has 0 spiro atoms. The summed E-state index contributed by atoms with van der Waals surface area (Å²) in [6.45, 7) is 2.07. The molecule has 168 valence electrons. The Balaban J connectivity index is 1.30. The van der Waals surface area contributed by atoms with E-state index in [4.69, 9.17) is 9.15 Å². The molecule has 0 aliphatic heterocycles. The van der Waals surface area contributed by atoms with Crippen LogP contribution in [0.25, 0.3) is 28.0 Å². The Labute approximate surface area is 194 Å². The van der Waals surface area contributed by atoms with Gasteiger partial charge in [0.05, 0.1) is 17.9 Å². The lowest BCUT2D eigenvalue weighted by molar-refractivity contribution is 0.0526. The van der Waals surface area contributed by atoms with Crippen LogP contribution in [-0.2, 0) is 4.74 Å². The molecule has 8 nitrogen and oxygen atoms in total. The topological polar surface area (TPSA) is 99.2 Å². The second kappa shape index (κ2) is 9.03. The van der Waals surface area contributed by atoms with Crippen molar-refractivity contribution in [3.05, 3.63) is 96.3 Å². The van der Waals surface area contributed by atoms with Gasteiger partial charge in [0.15, 0.2) is 5.76 Å². The van der Waals surface area contributed by atoms with Crippen LogP contribution in [-0.4, -0.2) is 33.5 Å². The average molecular weight is 452 g/mol. The van der Waals surface area contributed by atoms with Crippen LogP contribution in [0.4, 0.5) is 5.69 Å². The molecule has 0 aliphatic carbocycles. The van der Waals surface area contributed by atoms with Gasteiger partial charge in [0, 0.05) is 11.3 Å². The summed E-state index contributed by atoms with van der Waals surface area (Å²) in [7, 11) is 0. The second-order valence-corrected chi connectivity index (χ2v) is 7.44. The molecule has 34 heavy (non-hydrogen) atoms. The Morgan fingerprint density at radius 2 is 1.68 bits per heavy atom. The Hall–Kier alpha value is -4.72. The number of furan rings is 1. The van der Waals surface area contributed by atoms with Crippen LogP contribution in [0, 0.1) is 0 Å². The van der Waals surface area contributed by atoms with E-state index in [1.165, 1.54) is 0 Å². The van der Waals surface area contributed by atoms with Crippen molar-refractivity contribution in [3.8, 4) is 17.0 Å². The molecule has 0 fully saturated rings. The van der Waals surface area contributed by atoms with Gasteiger partial charge in [-0.2, -0.15) is 4.80 Å². The predicted octanol–water partition coefficient (Wildman–Crippen LogP) is 5.11. The number of ether oxygens (including phenoxy) is 1. The Morgan fingerprint density at radius 1 is 0.912 bits per heavy atom. The van der Waals surface area contributed by atoms with Crippen LogP contribution >= 0.6 is 0 Å². The van der Waals surface area contributed by atoms with Crippen molar-refractivity contribution in [2.24, 2.45) is 0 Å². The average Bonchev–Trinajstić information content (AvgIpc) is 3.52. The summed E-state index contributed by atoms with van der Waals surface area (Å²) in [5.74, 6) is -0.0853.